The summed E-state index contributed by atoms with van der Waals surface area (Å²) in [5.74, 6) is -1.93. The van der Waals surface area contributed by atoms with Crippen molar-refractivity contribution in [1.82, 2.24) is 15.3 Å². The van der Waals surface area contributed by atoms with Crippen LogP contribution in [-0.2, 0) is 22.3 Å². The molecule has 0 aliphatic heterocycles. The number of hydrogen-bond donors (Lipinski definition) is 3. The Morgan fingerprint density at radius 1 is 1.18 bits per heavy atom. The quantitative estimate of drug-likeness (QED) is 0.414. The molecule has 0 radical (unpaired) electrons. The van der Waals surface area contributed by atoms with Gasteiger partial charge in [-0.1, -0.05) is 12.1 Å². The number of pyridine rings is 1. The number of benzene rings is 1. The Bertz CT molecular complexity index is 1060. The standard InChI is InChI=1S/C18H14BrF3N4O2/c1-9-2-3-10(6-11(9)18(20,21)22)7-24-16(27)17(28)25-13-8-23-12-4-5-14(19)26-15(12)13/h2-6,8,23H,7H2,1H3,(H,24,27)(H,25,28). The molecule has 0 saturated heterocycles. The van der Waals surface area contributed by atoms with Gasteiger partial charge in [-0.15, -0.1) is 0 Å². The van der Waals surface area contributed by atoms with Crippen LogP contribution >= 0.6 is 15.9 Å². The molecule has 1 aromatic carbocycles. The second-order valence-corrected chi connectivity index (χ2v) is 6.83. The van der Waals surface area contributed by atoms with Crippen LogP contribution < -0.4 is 10.6 Å². The number of carbonyl (C=O) groups is 2. The van der Waals surface area contributed by atoms with Crippen LogP contribution in [0.1, 0.15) is 16.7 Å². The van der Waals surface area contributed by atoms with Crippen LogP contribution in [0.2, 0.25) is 0 Å². The molecular formula is C18H14BrF3N4O2. The first kappa shape index (κ1) is 19.9. The van der Waals surface area contributed by atoms with Crippen LogP contribution in [0, 0.1) is 6.92 Å². The second kappa shape index (κ2) is 7.63. The number of nitrogens with zero attached hydrogens (tertiary/aromatic N) is 1. The van der Waals surface area contributed by atoms with Crippen molar-refractivity contribution >= 4 is 44.5 Å². The summed E-state index contributed by atoms with van der Waals surface area (Å²) >= 11 is 3.22. The molecule has 2 amide bonds. The Hall–Kier alpha value is -2.88. The van der Waals surface area contributed by atoms with Crippen molar-refractivity contribution in [2.24, 2.45) is 0 Å². The molecule has 3 rings (SSSR count). The number of aryl methyl sites for hydroxylation is 1. The van der Waals surface area contributed by atoms with Crippen LogP contribution in [0.25, 0.3) is 11.0 Å². The molecule has 0 fully saturated rings. The van der Waals surface area contributed by atoms with Crippen LogP contribution in [0.3, 0.4) is 0 Å². The summed E-state index contributed by atoms with van der Waals surface area (Å²) in [5, 5.41) is 4.74. The summed E-state index contributed by atoms with van der Waals surface area (Å²) < 4.78 is 39.4. The van der Waals surface area contributed by atoms with E-state index in [1.165, 1.54) is 25.3 Å². The minimum atomic E-state index is -4.49. The number of aromatic nitrogens is 2. The van der Waals surface area contributed by atoms with E-state index in [0.717, 1.165) is 6.07 Å². The third-order valence-corrected chi connectivity index (χ3v) is 4.44. The van der Waals surface area contributed by atoms with E-state index < -0.39 is 23.6 Å². The molecule has 0 unspecified atom stereocenters. The van der Waals surface area contributed by atoms with Gasteiger partial charge in [0.2, 0.25) is 0 Å². The minimum Gasteiger partial charge on any atom is -0.358 e. The SMILES string of the molecule is Cc1ccc(CNC(=O)C(=O)Nc2c[nH]c3ccc(Br)nc23)cc1C(F)(F)F. The van der Waals surface area contributed by atoms with Crippen molar-refractivity contribution in [2.45, 2.75) is 19.6 Å². The number of nitrogens with one attached hydrogen (secondary N) is 3. The van der Waals surface area contributed by atoms with Gasteiger partial charge < -0.3 is 15.6 Å². The number of H-pyrrole nitrogens is 1. The average molecular weight is 455 g/mol. The largest absolute Gasteiger partial charge is 0.416 e. The fraction of sp³-hybridized carbons (Fsp3) is 0.167. The maximum Gasteiger partial charge on any atom is 0.416 e. The third-order valence-electron chi connectivity index (χ3n) is 4.00. The highest BCUT2D eigenvalue weighted by molar-refractivity contribution is 9.10. The summed E-state index contributed by atoms with van der Waals surface area (Å²) in [7, 11) is 0. The van der Waals surface area contributed by atoms with E-state index in [0.29, 0.717) is 21.3 Å². The molecule has 6 nitrogen and oxygen atoms in total. The molecule has 3 aromatic rings. The van der Waals surface area contributed by atoms with E-state index in [1.54, 1.807) is 12.1 Å². The second-order valence-electron chi connectivity index (χ2n) is 6.02. The fourth-order valence-corrected chi connectivity index (χ4v) is 2.91. The molecule has 0 atom stereocenters. The van der Waals surface area contributed by atoms with Crippen molar-refractivity contribution in [2.75, 3.05) is 5.32 Å². The number of amides is 2. The number of anilines is 1. The van der Waals surface area contributed by atoms with E-state index in [-0.39, 0.29) is 17.7 Å². The lowest BCUT2D eigenvalue weighted by Crippen LogP contribution is -2.35. The zero-order valence-corrected chi connectivity index (χ0v) is 16.0. The molecule has 0 aliphatic carbocycles. The predicted molar refractivity (Wildman–Crippen MR) is 100 cm³/mol. The lowest BCUT2D eigenvalue weighted by Gasteiger charge is -2.12. The van der Waals surface area contributed by atoms with Crippen LogP contribution in [0.15, 0.2) is 41.1 Å². The Balaban J connectivity index is 1.66. The van der Waals surface area contributed by atoms with Gasteiger partial charge in [0.15, 0.2) is 0 Å². The number of aromatic amines is 1. The number of hydrogen-bond acceptors (Lipinski definition) is 3. The van der Waals surface area contributed by atoms with Gasteiger partial charge in [0.05, 0.1) is 16.8 Å². The first-order chi connectivity index (χ1) is 13.1. The van der Waals surface area contributed by atoms with Crippen molar-refractivity contribution in [1.29, 1.82) is 0 Å². The molecule has 10 heteroatoms. The van der Waals surface area contributed by atoms with Gasteiger partial charge in [-0.2, -0.15) is 13.2 Å². The lowest BCUT2D eigenvalue weighted by atomic mass is 10.0. The first-order valence-corrected chi connectivity index (χ1v) is 8.84. The third kappa shape index (κ3) is 4.33. The summed E-state index contributed by atoms with van der Waals surface area (Å²) in [6, 6.07) is 7.20. The Kier molecular flexibility index (Phi) is 5.41. The zero-order chi connectivity index (χ0) is 20.5. The van der Waals surface area contributed by atoms with Gasteiger partial charge in [-0.25, -0.2) is 4.98 Å². The van der Waals surface area contributed by atoms with Gasteiger partial charge >= 0.3 is 18.0 Å². The van der Waals surface area contributed by atoms with Gasteiger partial charge in [0.25, 0.3) is 0 Å². The lowest BCUT2D eigenvalue weighted by molar-refractivity contribution is -0.138. The van der Waals surface area contributed by atoms with E-state index in [4.69, 9.17) is 0 Å². The number of carbonyl (C=O) groups excluding carboxylic acids is 2. The highest BCUT2D eigenvalue weighted by atomic mass is 79.9. The summed E-state index contributed by atoms with van der Waals surface area (Å²) in [4.78, 5) is 31.2. The molecular weight excluding hydrogens is 441 g/mol. The molecule has 2 aromatic heterocycles. The maximum atomic E-state index is 13.0. The van der Waals surface area contributed by atoms with Crippen LogP contribution in [0.4, 0.5) is 18.9 Å². The highest BCUT2D eigenvalue weighted by Crippen LogP contribution is 2.32. The Morgan fingerprint density at radius 2 is 1.93 bits per heavy atom. The van der Waals surface area contributed by atoms with E-state index >= 15 is 0 Å². The molecule has 0 saturated carbocycles. The number of rotatable bonds is 3. The van der Waals surface area contributed by atoms with Crippen molar-refractivity contribution in [3.8, 4) is 0 Å². The number of alkyl halides is 3. The highest BCUT2D eigenvalue weighted by Gasteiger charge is 2.32. The molecule has 146 valence electrons. The molecule has 0 bridgehead atoms. The maximum absolute atomic E-state index is 13.0. The number of fused-ring (bicyclic) bond motifs is 1. The summed E-state index contributed by atoms with van der Waals surface area (Å²) in [6.45, 7) is 1.14. The van der Waals surface area contributed by atoms with Gasteiger partial charge in [-0.05, 0) is 52.2 Å². The number of halogens is 4. The van der Waals surface area contributed by atoms with Gasteiger partial charge in [-0.3, -0.25) is 9.59 Å². The first-order valence-electron chi connectivity index (χ1n) is 8.04. The summed E-state index contributed by atoms with van der Waals surface area (Å²) in [5.41, 5.74) is 0.975. The van der Waals surface area contributed by atoms with E-state index in [9.17, 15) is 22.8 Å². The Morgan fingerprint density at radius 3 is 2.64 bits per heavy atom. The van der Waals surface area contributed by atoms with Gasteiger partial charge in [0.1, 0.15) is 10.1 Å². The van der Waals surface area contributed by atoms with Crippen LogP contribution in [-0.4, -0.2) is 21.8 Å². The minimum absolute atomic E-state index is 0.0818. The molecule has 0 spiro atoms. The topological polar surface area (TPSA) is 86.9 Å². The van der Waals surface area contributed by atoms with E-state index in [1.807, 2.05) is 0 Å². The van der Waals surface area contributed by atoms with Gasteiger partial charge in [0, 0.05) is 12.7 Å². The van der Waals surface area contributed by atoms with Crippen molar-refractivity contribution < 1.29 is 22.8 Å². The predicted octanol–water partition coefficient (Wildman–Crippen LogP) is 3.91. The Labute approximate surface area is 165 Å². The van der Waals surface area contributed by atoms with Crippen molar-refractivity contribution in [3.63, 3.8) is 0 Å². The molecule has 3 N–H and O–H groups in total. The molecule has 2 heterocycles. The molecule has 28 heavy (non-hydrogen) atoms. The monoisotopic (exact) mass is 454 g/mol. The van der Waals surface area contributed by atoms with Crippen LogP contribution in [0.5, 0.6) is 0 Å². The van der Waals surface area contributed by atoms with E-state index in [2.05, 4.69) is 36.5 Å². The summed E-state index contributed by atoms with van der Waals surface area (Å²) in [6.07, 6.45) is -3.00. The normalized spacial score (nSPS) is 11.5. The molecule has 0 aliphatic rings. The average Bonchev–Trinajstić information content (AvgIpc) is 3.01. The fourth-order valence-electron chi connectivity index (χ4n) is 2.60. The smallest absolute Gasteiger partial charge is 0.358 e. The zero-order valence-electron chi connectivity index (χ0n) is 14.4. The van der Waals surface area contributed by atoms with Crippen molar-refractivity contribution in [3.05, 3.63) is 57.8 Å².